The molecule has 3 N–H and O–H groups in total. The topological polar surface area (TPSA) is 137 Å². The number of unbranched alkanes of at least 4 members (excludes halogenated alkanes) is 1. The summed E-state index contributed by atoms with van der Waals surface area (Å²) in [5.74, 6) is -2.16. The highest BCUT2D eigenvalue weighted by Crippen LogP contribution is 2.26. The SMILES string of the molecule is CC(=O)c1cc(C(=O)NN(Cc2ccc(-c3cc(Cl)ccc3F)cc2)C[C@@H](O)C(=O)OCCCCN2CCOCC2)[nH]n1. The molecule has 43 heavy (non-hydrogen) atoms. The number of rotatable bonds is 14. The fourth-order valence-corrected chi connectivity index (χ4v) is 4.69. The summed E-state index contributed by atoms with van der Waals surface area (Å²) in [6, 6.07) is 12.5. The number of amides is 1. The minimum absolute atomic E-state index is 0.0271. The van der Waals surface area contributed by atoms with E-state index in [1.807, 2.05) is 0 Å². The van der Waals surface area contributed by atoms with Crippen molar-refractivity contribution >= 4 is 29.3 Å². The van der Waals surface area contributed by atoms with Crippen LogP contribution in [0.4, 0.5) is 4.39 Å². The molecule has 13 heteroatoms. The first-order valence-corrected chi connectivity index (χ1v) is 14.4. The normalized spacial score (nSPS) is 14.4. The van der Waals surface area contributed by atoms with Crippen LogP contribution in [0.2, 0.25) is 5.02 Å². The average molecular weight is 616 g/mol. The third kappa shape index (κ3) is 9.66. The summed E-state index contributed by atoms with van der Waals surface area (Å²) in [7, 11) is 0. The number of carbonyl (C=O) groups excluding carboxylic acids is 3. The molecule has 1 aromatic heterocycles. The molecule has 0 aliphatic carbocycles. The van der Waals surface area contributed by atoms with Crippen LogP contribution in [0, 0.1) is 5.82 Å². The number of carbonyl (C=O) groups is 3. The first-order chi connectivity index (χ1) is 20.7. The fourth-order valence-electron chi connectivity index (χ4n) is 4.52. The van der Waals surface area contributed by atoms with E-state index in [1.54, 1.807) is 24.3 Å². The van der Waals surface area contributed by atoms with Crippen molar-refractivity contribution in [3.05, 3.63) is 76.3 Å². The number of hydrogen-bond acceptors (Lipinski definition) is 9. The van der Waals surface area contributed by atoms with Crippen LogP contribution in [0.15, 0.2) is 48.5 Å². The molecule has 0 saturated carbocycles. The lowest BCUT2D eigenvalue weighted by atomic mass is 10.0. The lowest BCUT2D eigenvalue weighted by Crippen LogP contribution is -2.47. The minimum Gasteiger partial charge on any atom is -0.464 e. The summed E-state index contributed by atoms with van der Waals surface area (Å²) in [6.07, 6.45) is -0.0600. The first-order valence-electron chi connectivity index (χ1n) is 14.0. The van der Waals surface area contributed by atoms with Crippen LogP contribution >= 0.6 is 11.6 Å². The number of aliphatic hydroxyl groups excluding tert-OH is 1. The van der Waals surface area contributed by atoms with Crippen LogP contribution in [0.5, 0.6) is 0 Å². The number of aliphatic hydroxyl groups is 1. The van der Waals surface area contributed by atoms with Crippen molar-refractivity contribution in [1.82, 2.24) is 25.5 Å². The summed E-state index contributed by atoms with van der Waals surface area (Å²) in [5.41, 5.74) is 4.41. The molecule has 1 aliphatic rings. The zero-order valence-electron chi connectivity index (χ0n) is 23.9. The number of morpholine rings is 1. The van der Waals surface area contributed by atoms with E-state index in [9.17, 15) is 23.9 Å². The van der Waals surface area contributed by atoms with Gasteiger partial charge in [0, 0.05) is 37.1 Å². The van der Waals surface area contributed by atoms with Gasteiger partial charge in [-0.05, 0) is 54.8 Å². The molecule has 1 fully saturated rings. The Morgan fingerprint density at radius 3 is 2.60 bits per heavy atom. The molecule has 0 spiro atoms. The number of esters is 1. The third-order valence-electron chi connectivity index (χ3n) is 6.89. The van der Waals surface area contributed by atoms with Crippen LogP contribution < -0.4 is 5.43 Å². The molecule has 4 rings (SSSR count). The van der Waals surface area contributed by atoms with Crippen molar-refractivity contribution in [2.45, 2.75) is 32.4 Å². The van der Waals surface area contributed by atoms with Gasteiger partial charge in [-0.1, -0.05) is 35.9 Å². The number of Topliss-reactive ketones (excluding diaryl/α,β-unsaturated/α-hetero) is 1. The van der Waals surface area contributed by atoms with Crippen LogP contribution in [0.3, 0.4) is 0 Å². The molecule has 0 bridgehead atoms. The van der Waals surface area contributed by atoms with E-state index in [1.165, 1.54) is 36.2 Å². The van der Waals surface area contributed by atoms with Gasteiger partial charge in [0.2, 0.25) is 0 Å². The number of H-pyrrole nitrogens is 1. The summed E-state index contributed by atoms with van der Waals surface area (Å²) in [5, 5.41) is 18.7. The number of aromatic amines is 1. The molecule has 1 aliphatic heterocycles. The van der Waals surface area contributed by atoms with Crippen molar-refractivity contribution in [1.29, 1.82) is 0 Å². The lowest BCUT2D eigenvalue weighted by Gasteiger charge is -2.26. The van der Waals surface area contributed by atoms with Crippen molar-refractivity contribution in [3.63, 3.8) is 0 Å². The predicted octanol–water partition coefficient (Wildman–Crippen LogP) is 3.24. The molecule has 11 nitrogen and oxygen atoms in total. The maximum Gasteiger partial charge on any atom is 0.336 e. The smallest absolute Gasteiger partial charge is 0.336 e. The molecular formula is C30H35ClFN5O6. The Labute approximate surface area is 253 Å². The molecule has 1 atom stereocenters. The molecule has 2 aromatic carbocycles. The zero-order valence-corrected chi connectivity index (χ0v) is 24.6. The number of halogens is 2. The molecule has 2 heterocycles. The van der Waals surface area contributed by atoms with Gasteiger partial charge in [-0.15, -0.1) is 0 Å². The van der Waals surface area contributed by atoms with Crippen molar-refractivity contribution < 1.29 is 33.4 Å². The monoisotopic (exact) mass is 615 g/mol. The molecule has 1 amide bonds. The molecule has 3 aromatic rings. The van der Waals surface area contributed by atoms with Crippen LogP contribution in [0.25, 0.3) is 11.1 Å². The first kappa shape index (κ1) is 32.2. The Morgan fingerprint density at radius 1 is 1.16 bits per heavy atom. The predicted molar refractivity (Wildman–Crippen MR) is 157 cm³/mol. The highest BCUT2D eigenvalue weighted by molar-refractivity contribution is 6.30. The van der Waals surface area contributed by atoms with E-state index in [-0.39, 0.29) is 36.9 Å². The number of ketones is 1. The highest BCUT2D eigenvalue weighted by atomic mass is 35.5. The lowest BCUT2D eigenvalue weighted by molar-refractivity contribution is -0.155. The van der Waals surface area contributed by atoms with Crippen molar-refractivity contribution in [2.75, 3.05) is 46.0 Å². The Bertz CT molecular complexity index is 1400. The zero-order chi connectivity index (χ0) is 30.8. The quantitative estimate of drug-likeness (QED) is 0.108. The van der Waals surface area contributed by atoms with Gasteiger partial charge in [-0.25, -0.2) is 14.2 Å². The Balaban J connectivity index is 1.37. The van der Waals surface area contributed by atoms with Crippen molar-refractivity contribution in [3.8, 4) is 11.1 Å². The number of hydrazine groups is 1. The van der Waals surface area contributed by atoms with Gasteiger partial charge < -0.3 is 14.6 Å². The van der Waals surface area contributed by atoms with E-state index in [2.05, 4.69) is 20.5 Å². The minimum atomic E-state index is -1.55. The second kappa shape index (κ2) is 15.7. The second-order valence-electron chi connectivity index (χ2n) is 10.2. The average Bonchev–Trinajstić information content (AvgIpc) is 3.50. The number of hydrogen-bond donors (Lipinski definition) is 3. The van der Waals surface area contributed by atoms with E-state index in [4.69, 9.17) is 21.1 Å². The number of nitrogens with one attached hydrogen (secondary N) is 2. The second-order valence-corrected chi connectivity index (χ2v) is 10.6. The Kier molecular flexibility index (Phi) is 11.8. The van der Waals surface area contributed by atoms with Gasteiger partial charge in [-0.3, -0.25) is 25.0 Å². The molecule has 230 valence electrons. The van der Waals surface area contributed by atoms with E-state index in [0.29, 0.717) is 28.1 Å². The van der Waals surface area contributed by atoms with E-state index < -0.39 is 23.8 Å². The number of benzene rings is 2. The number of nitrogens with zero attached hydrogens (tertiary/aromatic N) is 3. The number of ether oxygens (including phenoxy) is 2. The van der Waals surface area contributed by atoms with Gasteiger partial charge in [0.05, 0.1) is 26.4 Å². The Hall–Kier alpha value is -3.68. The summed E-state index contributed by atoms with van der Waals surface area (Å²) < 4.78 is 25.0. The molecule has 0 unspecified atom stereocenters. The summed E-state index contributed by atoms with van der Waals surface area (Å²) in [6.45, 7) is 5.38. The largest absolute Gasteiger partial charge is 0.464 e. The fraction of sp³-hybridized carbons (Fsp3) is 0.400. The molecule has 1 saturated heterocycles. The molecule has 0 radical (unpaired) electrons. The van der Waals surface area contributed by atoms with Crippen LogP contribution in [-0.2, 0) is 20.8 Å². The summed E-state index contributed by atoms with van der Waals surface area (Å²) >= 11 is 6.03. The third-order valence-corrected chi connectivity index (χ3v) is 7.13. The van der Waals surface area contributed by atoms with Crippen molar-refractivity contribution in [2.24, 2.45) is 0 Å². The van der Waals surface area contributed by atoms with Gasteiger partial charge in [-0.2, -0.15) is 5.10 Å². The van der Waals surface area contributed by atoms with Gasteiger partial charge in [0.15, 0.2) is 11.9 Å². The Morgan fingerprint density at radius 2 is 1.91 bits per heavy atom. The molecular weight excluding hydrogens is 581 g/mol. The maximum absolute atomic E-state index is 14.3. The van der Waals surface area contributed by atoms with Crippen LogP contribution in [0.1, 0.15) is 46.3 Å². The van der Waals surface area contributed by atoms with Gasteiger partial charge >= 0.3 is 5.97 Å². The van der Waals surface area contributed by atoms with E-state index >= 15 is 0 Å². The maximum atomic E-state index is 14.3. The van der Waals surface area contributed by atoms with Gasteiger partial charge in [0.1, 0.15) is 17.2 Å². The van der Waals surface area contributed by atoms with E-state index in [0.717, 1.165) is 39.3 Å². The highest BCUT2D eigenvalue weighted by Gasteiger charge is 2.23. The standard InChI is InChI=1S/C30H35ClFN5O6/c1-20(38)26-17-27(34-33-26)29(40)35-37(18-21-4-6-22(7-5-21)24-16-23(31)8-9-25(24)32)19-28(39)30(41)43-13-3-2-10-36-11-14-42-15-12-36/h4-9,16-17,28,39H,2-3,10-15,18-19H2,1H3,(H,33,34)(H,35,40)/t28-/m1/s1. The summed E-state index contributed by atoms with van der Waals surface area (Å²) in [4.78, 5) is 39.4. The number of aromatic nitrogens is 2. The van der Waals surface area contributed by atoms with Crippen LogP contribution in [-0.4, -0.2) is 95.0 Å². The van der Waals surface area contributed by atoms with Gasteiger partial charge in [0.25, 0.3) is 5.91 Å².